The van der Waals surface area contributed by atoms with Crippen LogP contribution in [-0.4, -0.2) is 22.7 Å². The maximum atomic E-state index is 12.6. The third-order valence-corrected chi connectivity index (χ3v) is 5.30. The summed E-state index contributed by atoms with van der Waals surface area (Å²) in [6, 6.07) is 18.2. The Bertz CT molecular complexity index is 674. The SMILES string of the molecule is CCOc1ccccc1[C@@H]1S[C@H](C)C(=O)N1Cc1ccccc1. The van der Waals surface area contributed by atoms with Crippen LogP contribution in [0.5, 0.6) is 5.75 Å². The summed E-state index contributed by atoms with van der Waals surface area (Å²) in [4.78, 5) is 14.6. The van der Waals surface area contributed by atoms with Gasteiger partial charge in [-0.25, -0.2) is 0 Å². The van der Waals surface area contributed by atoms with Crippen LogP contribution in [0.4, 0.5) is 0 Å². The Labute approximate surface area is 141 Å². The Balaban J connectivity index is 1.92. The monoisotopic (exact) mass is 327 g/mol. The molecule has 2 aromatic rings. The van der Waals surface area contributed by atoms with Gasteiger partial charge in [0.05, 0.1) is 11.9 Å². The molecular weight excluding hydrogens is 306 g/mol. The molecule has 0 spiro atoms. The number of hydrogen-bond acceptors (Lipinski definition) is 3. The fourth-order valence-corrected chi connectivity index (χ4v) is 4.13. The Kier molecular flexibility index (Phi) is 4.91. The lowest BCUT2D eigenvalue weighted by atomic mass is 10.1. The van der Waals surface area contributed by atoms with Gasteiger partial charge in [-0.2, -0.15) is 0 Å². The molecule has 0 aliphatic carbocycles. The number of para-hydroxylation sites is 1. The van der Waals surface area contributed by atoms with E-state index in [2.05, 4.69) is 18.2 Å². The highest BCUT2D eigenvalue weighted by atomic mass is 32.2. The van der Waals surface area contributed by atoms with Crippen molar-refractivity contribution >= 4 is 17.7 Å². The number of ether oxygens (including phenoxy) is 1. The van der Waals surface area contributed by atoms with Crippen LogP contribution in [0.15, 0.2) is 54.6 Å². The van der Waals surface area contributed by atoms with Gasteiger partial charge < -0.3 is 9.64 Å². The van der Waals surface area contributed by atoms with Gasteiger partial charge >= 0.3 is 0 Å². The van der Waals surface area contributed by atoms with Gasteiger partial charge in [-0.15, -0.1) is 11.8 Å². The lowest BCUT2D eigenvalue weighted by molar-refractivity contribution is -0.130. The maximum absolute atomic E-state index is 12.6. The average molecular weight is 327 g/mol. The first-order valence-electron chi connectivity index (χ1n) is 7.92. The van der Waals surface area contributed by atoms with E-state index >= 15 is 0 Å². The lowest BCUT2D eigenvalue weighted by Crippen LogP contribution is -2.30. The van der Waals surface area contributed by atoms with Crippen LogP contribution in [0.3, 0.4) is 0 Å². The van der Waals surface area contributed by atoms with Gasteiger partial charge in [0.25, 0.3) is 0 Å². The zero-order chi connectivity index (χ0) is 16.2. The quantitative estimate of drug-likeness (QED) is 0.822. The van der Waals surface area contributed by atoms with Crippen LogP contribution < -0.4 is 4.74 Å². The zero-order valence-corrected chi connectivity index (χ0v) is 14.3. The molecule has 120 valence electrons. The van der Waals surface area contributed by atoms with Crippen molar-refractivity contribution in [1.29, 1.82) is 0 Å². The topological polar surface area (TPSA) is 29.5 Å². The molecule has 3 rings (SSSR count). The Morgan fingerprint density at radius 3 is 2.52 bits per heavy atom. The number of amides is 1. The van der Waals surface area contributed by atoms with Gasteiger partial charge in [0.1, 0.15) is 11.1 Å². The molecule has 0 radical (unpaired) electrons. The van der Waals surface area contributed by atoms with Crippen LogP contribution >= 0.6 is 11.8 Å². The van der Waals surface area contributed by atoms with Crippen molar-refractivity contribution in [2.45, 2.75) is 31.0 Å². The van der Waals surface area contributed by atoms with Gasteiger partial charge in [-0.05, 0) is 25.5 Å². The summed E-state index contributed by atoms with van der Waals surface area (Å²) in [5.41, 5.74) is 2.22. The summed E-state index contributed by atoms with van der Waals surface area (Å²) in [7, 11) is 0. The molecule has 1 saturated heterocycles. The maximum Gasteiger partial charge on any atom is 0.236 e. The van der Waals surface area contributed by atoms with Crippen molar-refractivity contribution in [3.63, 3.8) is 0 Å². The molecule has 1 aliphatic heterocycles. The number of carbonyl (C=O) groups is 1. The highest BCUT2D eigenvalue weighted by Crippen LogP contribution is 2.46. The molecule has 3 nitrogen and oxygen atoms in total. The summed E-state index contributed by atoms with van der Waals surface area (Å²) in [5, 5.41) is -0.0288. The minimum atomic E-state index is -0.0293. The third-order valence-electron chi connectivity index (χ3n) is 3.93. The number of thioether (sulfide) groups is 1. The van der Waals surface area contributed by atoms with E-state index in [4.69, 9.17) is 4.74 Å². The molecular formula is C19H21NO2S. The Morgan fingerprint density at radius 1 is 1.09 bits per heavy atom. The number of nitrogens with zero attached hydrogens (tertiary/aromatic N) is 1. The number of hydrogen-bond donors (Lipinski definition) is 0. The van der Waals surface area contributed by atoms with Crippen molar-refractivity contribution in [2.24, 2.45) is 0 Å². The van der Waals surface area contributed by atoms with Crippen LogP contribution in [0.2, 0.25) is 0 Å². The summed E-state index contributed by atoms with van der Waals surface area (Å²) in [6.07, 6.45) is 0. The minimum absolute atomic E-state index is 0.000422. The normalized spacial score (nSPS) is 20.8. The van der Waals surface area contributed by atoms with E-state index in [1.165, 1.54) is 0 Å². The van der Waals surface area contributed by atoms with E-state index in [1.807, 2.05) is 55.1 Å². The first-order valence-corrected chi connectivity index (χ1v) is 8.86. The second-order valence-electron chi connectivity index (χ2n) is 5.55. The molecule has 0 saturated carbocycles. The molecule has 1 fully saturated rings. The molecule has 0 bridgehead atoms. The minimum Gasteiger partial charge on any atom is -0.493 e. The zero-order valence-electron chi connectivity index (χ0n) is 13.4. The molecule has 1 aliphatic rings. The fraction of sp³-hybridized carbons (Fsp3) is 0.316. The van der Waals surface area contributed by atoms with Gasteiger partial charge in [-0.3, -0.25) is 4.79 Å². The summed E-state index contributed by atoms with van der Waals surface area (Å²) in [6.45, 7) is 5.21. The fourth-order valence-electron chi connectivity index (χ4n) is 2.83. The van der Waals surface area contributed by atoms with E-state index in [1.54, 1.807) is 11.8 Å². The van der Waals surface area contributed by atoms with Crippen molar-refractivity contribution in [1.82, 2.24) is 4.90 Å². The molecule has 0 unspecified atom stereocenters. The molecule has 1 heterocycles. The molecule has 0 N–H and O–H groups in total. The largest absolute Gasteiger partial charge is 0.493 e. The van der Waals surface area contributed by atoms with Gasteiger partial charge in [-0.1, -0.05) is 48.5 Å². The van der Waals surface area contributed by atoms with Crippen LogP contribution in [0.1, 0.15) is 30.3 Å². The molecule has 1 amide bonds. The molecule has 0 aromatic heterocycles. The number of carbonyl (C=O) groups excluding carboxylic acids is 1. The first-order chi connectivity index (χ1) is 11.2. The van der Waals surface area contributed by atoms with Gasteiger partial charge in [0.15, 0.2) is 0 Å². The van der Waals surface area contributed by atoms with Crippen molar-refractivity contribution in [3.05, 3.63) is 65.7 Å². The van der Waals surface area contributed by atoms with E-state index in [0.29, 0.717) is 13.2 Å². The van der Waals surface area contributed by atoms with Crippen LogP contribution in [0.25, 0.3) is 0 Å². The Morgan fingerprint density at radius 2 is 1.78 bits per heavy atom. The number of rotatable bonds is 5. The van der Waals surface area contributed by atoms with E-state index in [0.717, 1.165) is 16.9 Å². The highest BCUT2D eigenvalue weighted by molar-refractivity contribution is 8.01. The van der Waals surface area contributed by atoms with E-state index in [9.17, 15) is 4.79 Å². The molecule has 2 atom stereocenters. The second kappa shape index (κ2) is 7.09. The van der Waals surface area contributed by atoms with Gasteiger partial charge in [0.2, 0.25) is 5.91 Å². The standard InChI is InChI=1S/C19H21NO2S/c1-3-22-17-12-8-7-11-16(17)19-20(18(21)14(2)23-19)13-15-9-5-4-6-10-15/h4-12,14,19H,3,13H2,1-2H3/t14-,19+/m1/s1. The average Bonchev–Trinajstić information content (AvgIpc) is 2.85. The van der Waals surface area contributed by atoms with Crippen LogP contribution in [-0.2, 0) is 11.3 Å². The molecule has 23 heavy (non-hydrogen) atoms. The number of benzene rings is 2. The first kappa shape index (κ1) is 15.9. The lowest BCUT2D eigenvalue weighted by Gasteiger charge is -2.25. The predicted octanol–water partition coefficient (Wildman–Crippen LogP) is 4.25. The summed E-state index contributed by atoms with van der Waals surface area (Å²) >= 11 is 1.69. The summed E-state index contributed by atoms with van der Waals surface area (Å²) in [5.74, 6) is 1.06. The van der Waals surface area contributed by atoms with Crippen molar-refractivity contribution < 1.29 is 9.53 Å². The Hall–Kier alpha value is -1.94. The third kappa shape index (κ3) is 3.37. The van der Waals surface area contributed by atoms with E-state index < -0.39 is 0 Å². The molecule has 4 heteroatoms. The highest BCUT2D eigenvalue weighted by Gasteiger charge is 2.39. The summed E-state index contributed by atoms with van der Waals surface area (Å²) < 4.78 is 5.77. The predicted molar refractivity (Wildman–Crippen MR) is 94.4 cm³/mol. The van der Waals surface area contributed by atoms with Crippen LogP contribution in [0, 0.1) is 0 Å². The van der Waals surface area contributed by atoms with Crippen molar-refractivity contribution in [2.75, 3.05) is 6.61 Å². The van der Waals surface area contributed by atoms with E-state index in [-0.39, 0.29) is 16.5 Å². The van der Waals surface area contributed by atoms with Crippen molar-refractivity contribution in [3.8, 4) is 5.75 Å². The smallest absolute Gasteiger partial charge is 0.236 e. The molecule has 2 aromatic carbocycles. The van der Waals surface area contributed by atoms with Gasteiger partial charge in [0, 0.05) is 12.1 Å². The second-order valence-corrected chi connectivity index (χ2v) is 6.98.